The molecule has 0 amide bonds. The lowest BCUT2D eigenvalue weighted by Gasteiger charge is -2.41. The second-order valence-electron chi connectivity index (χ2n) is 4.94. The molecular formula is C14H22O. The van der Waals surface area contributed by atoms with E-state index in [2.05, 4.69) is 32.9 Å². The highest BCUT2D eigenvalue weighted by atomic mass is 16.1. The molecule has 0 heterocycles. The summed E-state index contributed by atoms with van der Waals surface area (Å²) >= 11 is 0. The Balaban J connectivity index is 3.08. The Morgan fingerprint density at radius 3 is 2.53 bits per heavy atom. The fourth-order valence-corrected chi connectivity index (χ4v) is 2.37. The van der Waals surface area contributed by atoms with Gasteiger partial charge in [0.2, 0.25) is 0 Å². The zero-order valence-electron chi connectivity index (χ0n) is 10.5. The lowest BCUT2D eigenvalue weighted by molar-refractivity contribution is -0.129. The number of Topliss-reactive ketones (excluding diaryl/α,β-unsaturated/α-hetero) is 1. The van der Waals surface area contributed by atoms with Crippen LogP contribution in [0.5, 0.6) is 0 Å². The first-order valence-electron chi connectivity index (χ1n) is 5.79. The summed E-state index contributed by atoms with van der Waals surface area (Å²) in [6, 6.07) is 0. The van der Waals surface area contributed by atoms with Gasteiger partial charge in [-0.05, 0) is 37.7 Å². The Hall–Kier alpha value is -0.850. The van der Waals surface area contributed by atoms with Crippen molar-refractivity contribution in [2.75, 3.05) is 0 Å². The zero-order valence-corrected chi connectivity index (χ0v) is 10.5. The largest absolute Gasteiger partial charge is 0.294 e. The first kappa shape index (κ1) is 12.2. The molecule has 1 nitrogen and oxygen atoms in total. The van der Waals surface area contributed by atoms with Crippen LogP contribution in [0.4, 0.5) is 0 Å². The monoisotopic (exact) mass is 206 g/mol. The molecule has 0 N–H and O–H groups in total. The Bertz CT molecular complexity index is 311. The number of carbonyl (C=O) groups is 1. The standard InChI is InChI=1S/C14H22O/c1-6-10(2)13(15)14(5)11(3)8-7-9-12(14)4/h6-8,11-12H,9H2,1-5H3. The maximum absolute atomic E-state index is 12.4. The highest BCUT2D eigenvalue weighted by Crippen LogP contribution is 2.43. The van der Waals surface area contributed by atoms with Crippen LogP contribution >= 0.6 is 0 Å². The number of carbonyl (C=O) groups excluding carboxylic acids is 1. The minimum atomic E-state index is -0.217. The maximum atomic E-state index is 12.4. The molecule has 15 heavy (non-hydrogen) atoms. The SMILES string of the molecule is CC=C(C)C(=O)C1(C)C(C)C=CCC1C. The normalized spacial score (nSPS) is 36.7. The molecule has 3 unspecified atom stereocenters. The van der Waals surface area contributed by atoms with Gasteiger partial charge in [0.05, 0.1) is 0 Å². The molecule has 0 aliphatic heterocycles. The lowest BCUT2D eigenvalue weighted by Crippen LogP contribution is -2.41. The van der Waals surface area contributed by atoms with Gasteiger partial charge in [-0.2, -0.15) is 0 Å². The molecule has 0 saturated carbocycles. The second-order valence-corrected chi connectivity index (χ2v) is 4.94. The summed E-state index contributed by atoms with van der Waals surface area (Å²) in [6.45, 7) is 10.3. The van der Waals surface area contributed by atoms with Gasteiger partial charge in [-0.25, -0.2) is 0 Å². The molecule has 1 rings (SSSR count). The van der Waals surface area contributed by atoms with Gasteiger partial charge in [-0.1, -0.05) is 39.0 Å². The Kier molecular flexibility index (Phi) is 3.54. The highest BCUT2D eigenvalue weighted by molar-refractivity contribution is 5.99. The first-order valence-corrected chi connectivity index (χ1v) is 5.79. The van der Waals surface area contributed by atoms with Crippen molar-refractivity contribution in [3.05, 3.63) is 23.8 Å². The molecular weight excluding hydrogens is 184 g/mol. The van der Waals surface area contributed by atoms with Crippen LogP contribution in [0.2, 0.25) is 0 Å². The molecule has 1 heteroatoms. The molecule has 0 fully saturated rings. The molecule has 0 aromatic heterocycles. The van der Waals surface area contributed by atoms with Gasteiger partial charge < -0.3 is 0 Å². The smallest absolute Gasteiger partial charge is 0.164 e. The minimum absolute atomic E-state index is 0.217. The summed E-state index contributed by atoms with van der Waals surface area (Å²) in [5, 5.41) is 0. The molecule has 0 saturated heterocycles. The summed E-state index contributed by atoms with van der Waals surface area (Å²) in [5.74, 6) is 1.08. The number of hydrogen-bond donors (Lipinski definition) is 0. The third kappa shape index (κ3) is 1.92. The molecule has 3 atom stereocenters. The van der Waals surface area contributed by atoms with Gasteiger partial charge in [0.25, 0.3) is 0 Å². The summed E-state index contributed by atoms with van der Waals surface area (Å²) in [5.41, 5.74) is 0.678. The topological polar surface area (TPSA) is 17.1 Å². The third-order valence-electron chi connectivity index (χ3n) is 4.16. The summed E-state index contributed by atoms with van der Waals surface area (Å²) in [6.07, 6.45) is 7.32. The van der Waals surface area contributed by atoms with E-state index in [9.17, 15) is 4.79 Å². The van der Waals surface area contributed by atoms with Crippen LogP contribution in [0.1, 0.15) is 41.0 Å². The fraction of sp³-hybridized carbons (Fsp3) is 0.643. The van der Waals surface area contributed by atoms with Gasteiger partial charge >= 0.3 is 0 Å². The van der Waals surface area contributed by atoms with Gasteiger partial charge in [-0.3, -0.25) is 4.79 Å². The number of allylic oxidation sites excluding steroid dienone is 4. The summed E-state index contributed by atoms with van der Waals surface area (Å²) < 4.78 is 0. The molecule has 1 aliphatic rings. The first-order chi connectivity index (χ1) is 6.94. The Morgan fingerprint density at radius 1 is 1.47 bits per heavy atom. The number of hydrogen-bond acceptors (Lipinski definition) is 1. The molecule has 0 spiro atoms. The molecule has 84 valence electrons. The van der Waals surface area contributed by atoms with E-state index < -0.39 is 0 Å². The minimum Gasteiger partial charge on any atom is -0.294 e. The van der Waals surface area contributed by atoms with Crippen molar-refractivity contribution in [2.24, 2.45) is 17.3 Å². The van der Waals surface area contributed by atoms with Crippen molar-refractivity contribution < 1.29 is 4.79 Å². The molecule has 1 aliphatic carbocycles. The van der Waals surface area contributed by atoms with Gasteiger partial charge in [0, 0.05) is 5.41 Å². The van der Waals surface area contributed by atoms with E-state index in [1.807, 2.05) is 19.9 Å². The van der Waals surface area contributed by atoms with E-state index in [4.69, 9.17) is 0 Å². The van der Waals surface area contributed by atoms with Crippen LogP contribution in [0.25, 0.3) is 0 Å². The lowest BCUT2D eigenvalue weighted by atomic mass is 9.61. The van der Waals surface area contributed by atoms with Crippen LogP contribution in [0.3, 0.4) is 0 Å². The van der Waals surface area contributed by atoms with Crippen LogP contribution in [0.15, 0.2) is 23.8 Å². The quantitative estimate of drug-likeness (QED) is 0.496. The Labute approximate surface area is 93.3 Å². The van der Waals surface area contributed by atoms with Gasteiger partial charge in [0.15, 0.2) is 5.78 Å². The average Bonchev–Trinajstić information content (AvgIpc) is 2.23. The van der Waals surface area contributed by atoms with Crippen molar-refractivity contribution in [3.8, 4) is 0 Å². The highest BCUT2D eigenvalue weighted by Gasteiger charge is 2.43. The van der Waals surface area contributed by atoms with Crippen LogP contribution < -0.4 is 0 Å². The summed E-state index contributed by atoms with van der Waals surface area (Å²) in [7, 11) is 0. The molecule has 0 bridgehead atoms. The van der Waals surface area contributed by atoms with Crippen molar-refractivity contribution in [3.63, 3.8) is 0 Å². The van der Waals surface area contributed by atoms with Gasteiger partial charge in [0.1, 0.15) is 0 Å². The van der Waals surface area contributed by atoms with Crippen LogP contribution in [-0.4, -0.2) is 5.78 Å². The maximum Gasteiger partial charge on any atom is 0.164 e. The predicted octanol–water partition coefficient (Wildman–Crippen LogP) is 3.76. The molecule has 0 radical (unpaired) electrons. The zero-order chi connectivity index (χ0) is 11.6. The van der Waals surface area contributed by atoms with Gasteiger partial charge in [-0.15, -0.1) is 0 Å². The number of ketones is 1. The van der Waals surface area contributed by atoms with Crippen molar-refractivity contribution in [1.82, 2.24) is 0 Å². The molecule has 0 aromatic carbocycles. The van der Waals surface area contributed by atoms with E-state index >= 15 is 0 Å². The fourth-order valence-electron chi connectivity index (χ4n) is 2.37. The third-order valence-corrected chi connectivity index (χ3v) is 4.16. The van der Waals surface area contributed by atoms with Crippen molar-refractivity contribution in [1.29, 1.82) is 0 Å². The second kappa shape index (κ2) is 4.34. The van der Waals surface area contributed by atoms with Crippen LogP contribution in [-0.2, 0) is 4.79 Å². The van der Waals surface area contributed by atoms with Crippen LogP contribution in [0, 0.1) is 17.3 Å². The Morgan fingerprint density at radius 2 is 2.07 bits per heavy atom. The predicted molar refractivity (Wildman–Crippen MR) is 64.6 cm³/mol. The van der Waals surface area contributed by atoms with E-state index in [1.165, 1.54) is 0 Å². The average molecular weight is 206 g/mol. The van der Waals surface area contributed by atoms with E-state index in [1.54, 1.807) is 0 Å². The summed E-state index contributed by atoms with van der Waals surface area (Å²) in [4.78, 5) is 12.4. The van der Waals surface area contributed by atoms with Crippen molar-refractivity contribution >= 4 is 5.78 Å². The number of rotatable bonds is 2. The van der Waals surface area contributed by atoms with E-state index in [0.717, 1.165) is 12.0 Å². The van der Waals surface area contributed by atoms with E-state index in [0.29, 0.717) is 17.6 Å². The van der Waals surface area contributed by atoms with E-state index in [-0.39, 0.29) is 5.41 Å². The van der Waals surface area contributed by atoms with Crippen molar-refractivity contribution in [2.45, 2.75) is 41.0 Å². The molecule has 0 aromatic rings.